The molecule has 1 unspecified atom stereocenters. The number of hydrogen-bond donors (Lipinski definition) is 4. The van der Waals surface area contributed by atoms with Gasteiger partial charge < -0.3 is 49.3 Å². The quantitative estimate of drug-likeness (QED) is 0.100. The van der Waals surface area contributed by atoms with Crippen LogP contribution in [0.5, 0.6) is 5.75 Å². The van der Waals surface area contributed by atoms with Crippen LogP contribution in [0.25, 0.3) is 44.2 Å². The van der Waals surface area contributed by atoms with Gasteiger partial charge in [-0.1, -0.05) is 45.4 Å². The number of likely N-dealkylation sites (tertiary alicyclic amines) is 1. The van der Waals surface area contributed by atoms with E-state index in [1.807, 2.05) is 49.8 Å². The number of fused-ring (bicyclic) bond motifs is 6. The van der Waals surface area contributed by atoms with Gasteiger partial charge in [0.25, 0.3) is 0 Å². The van der Waals surface area contributed by atoms with Crippen LogP contribution in [0.15, 0.2) is 48.7 Å². The maximum absolute atomic E-state index is 14.4. The van der Waals surface area contributed by atoms with Gasteiger partial charge in [0.15, 0.2) is 0 Å². The highest BCUT2D eigenvalue weighted by Gasteiger charge is 2.44. The Morgan fingerprint density at radius 2 is 1.65 bits per heavy atom. The molecule has 350 valence electrons. The molecule has 4 aliphatic rings. The molecule has 1 aliphatic carbocycles. The summed E-state index contributed by atoms with van der Waals surface area (Å²) < 4.78 is 21.9. The Kier molecular flexibility index (Phi) is 12.7. The van der Waals surface area contributed by atoms with Gasteiger partial charge in [-0.2, -0.15) is 0 Å². The van der Waals surface area contributed by atoms with Gasteiger partial charge >= 0.3 is 12.2 Å². The molecule has 3 aliphatic heterocycles. The Bertz CT molecular complexity index is 2640. The van der Waals surface area contributed by atoms with E-state index >= 15 is 0 Å². The predicted molar refractivity (Wildman–Crippen MR) is 248 cm³/mol. The standard InChI is InChI=1S/C50H62N8O8/c1-26(2)42(55-49(61)63-6)47(59)58(39-10-8-9-27(39)3)29(5)45-52-37-15-13-31-22-36-34-14-12-32(21-33(34)25-66-41(36)23-35(31)44(37)54-45)38-24-51-46(53-38)40-16-11-28(4)57(40)48(60)43(56-50(62)64-7)30-17-19-65-20-18-30/h12-15,21-24,26-30,39-40,42-43H,8-11,16-20,25H2,1-7H3,(H,51,53)(H,52,54)(H,55,61)(H,56,62)/t27-,28+,29+,39+,40+,42+,43?/m1/s1. The summed E-state index contributed by atoms with van der Waals surface area (Å²) in [4.78, 5) is 74.4. The summed E-state index contributed by atoms with van der Waals surface area (Å²) in [7, 11) is 2.62. The molecule has 0 radical (unpaired) electrons. The lowest BCUT2D eigenvalue weighted by Crippen LogP contribution is -2.55. The summed E-state index contributed by atoms with van der Waals surface area (Å²) in [6.07, 6.45) is 6.45. The summed E-state index contributed by atoms with van der Waals surface area (Å²) >= 11 is 0. The molecule has 0 spiro atoms. The molecule has 3 fully saturated rings. The number of hydrogen-bond acceptors (Lipinski definition) is 10. The van der Waals surface area contributed by atoms with Gasteiger partial charge in [0.05, 0.1) is 49.2 Å². The molecule has 16 nitrogen and oxygen atoms in total. The number of nitrogens with zero attached hydrogens (tertiary/aromatic N) is 4. The van der Waals surface area contributed by atoms with Crippen LogP contribution in [-0.2, 0) is 30.4 Å². The van der Waals surface area contributed by atoms with Crippen LogP contribution < -0.4 is 15.4 Å². The summed E-state index contributed by atoms with van der Waals surface area (Å²) in [5.74, 6) is 1.99. The van der Waals surface area contributed by atoms with E-state index in [0.29, 0.717) is 50.2 Å². The highest BCUT2D eigenvalue weighted by Crippen LogP contribution is 2.44. The van der Waals surface area contributed by atoms with Crippen LogP contribution >= 0.6 is 0 Å². The first-order valence-electron chi connectivity index (χ1n) is 23.5. The lowest BCUT2D eigenvalue weighted by atomic mass is 9.90. The van der Waals surface area contributed by atoms with Crippen LogP contribution in [0.2, 0.25) is 0 Å². The Morgan fingerprint density at radius 3 is 2.38 bits per heavy atom. The van der Waals surface area contributed by atoms with Crippen molar-refractivity contribution in [1.82, 2.24) is 40.4 Å². The molecule has 3 aromatic carbocycles. The second-order valence-electron chi connectivity index (χ2n) is 19.0. The fourth-order valence-corrected chi connectivity index (χ4v) is 10.9. The number of carbonyl (C=O) groups excluding carboxylic acids is 4. The summed E-state index contributed by atoms with van der Waals surface area (Å²) in [6.45, 7) is 11.6. The third-order valence-electron chi connectivity index (χ3n) is 14.6. The van der Waals surface area contributed by atoms with E-state index in [9.17, 15) is 19.2 Å². The Labute approximate surface area is 384 Å². The van der Waals surface area contributed by atoms with Crippen molar-refractivity contribution in [1.29, 1.82) is 0 Å². The van der Waals surface area contributed by atoms with Crippen molar-refractivity contribution < 1.29 is 38.1 Å². The van der Waals surface area contributed by atoms with E-state index in [0.717, 1.165) is 87.6 Å². The second-order valence-corrected chi connectivity index (χ2v) is 19.0. The lowest BCUT2D eigenvalue weighted by Gasteiger charge is -2.39. The van der Waals surface area contributed by atoms with Crippen LogP contribution in [0.4, 0.5) is 9.59 Å². The van der Waals surface area contributed by atoms with Crippen molar-refractivity contribution in [3.8, 4) is 28.1 Å². The average Bonchev–Trinajstić information content (AvgIpc) is 4.16. The van der Waals surface area contributed by atoms with Crippen molar-refractivity contribution in [3.63, 3.8) is 0 Å². The van der Waals surface area contributed by atoms with Crippen LogP contribution in [0.3, 0.4) is 0 Å². The topological polar surface area (TPSA) is 193 Å². The van der Waals surface area contributed by atoms with Crippen LogP contribution in [0.1, 0.15) is 109 Å². The molecule has 0 bridgehead atoms. The SMILES string of the molecule is COC(=O)NC(C(=O)N1[C@@H](C)CC[C@H]1c1ncc(-c2ccc3c(c2)COc2cc4c(ccc5nc([C@H](C)N(C(=O)[C@@H](NC(=O)OC)C(C)C)[C@H]6CCC[C@H]6C)[nH]c54)cc2-3)[nH]1)C1CCOCC1. The first-order valence-corrected chi connectivity index (χ1v) is 23.5. The molecule has 2 saturated heterocycles. The molecule has 66 heavy (non-hydrogen) atoms. The molecule has 16 heteroatoms. The number of amides is 4. The fraction of sp³-hybridized carbons (Fsp3) is 0.520. The minimum absolute atomic E-state index is 0.00476. The molecular weight excluding hydrogens is 841 g/mol. The Morgan fingerprint density at radius 1 is 0.879 bits per heavy atom. The van der Waals surface area contributed by atoms with Crippen LogP contribution in [0, 0.1) is 17.8 Å². The predicted octanol–water partition coefficient (Wildman–Crippen LogP) is 8.33. The van der Waals surface area contributed by atoms with E-state index in [1.54, 1.807) is 0 Å². The lowest BCUT2D eigenvalue weighted by molar-refractivity contribution is -0.140. The number of rotatable bonds is 11. The fourth-order valence-electron chi connectivity index (χ4n) is 10.9. The number of alkyl carbamates (subject to hydrolysis) is 2. The van der Waals surface area contributed by atoms with Gasteiger partial charge in [0.2, 0.25) is 11.8 Å². The number of methoxy groups -OCH3 is 2. The molecule has 2 aromatic heterocycles. The smallest absolute Gasteiger partial charge is 0.407 e. The number of aromatic nitrogens is 4. The van der Waals surface area contributed by atoms with Gasteiger partial charge in [-0.25, -0.2) is 19.6 Å². The van der Waals surface area contributed by atoms with E-state index in [4.69, 9.17) is 28.9 Å². The zero-order valence-corrected chi connectivity index (χ0v) is 38.9. The van der Waals surface area contributed by atoms with Gasteiger partial charge in [0, 0.05) is 36.2 Å². The van der Waals surface area contributed by atoms with Gasteiger partial charge in [-0.05, 0) is 116 Å². The summed E-state index contributed by atoms with van der Waals surface area (Å²) in [5.41, 5.74) is 6.57. The summed E-state index contributed by atoms with van der Waals surface area (Å²) in [6, 6.07) is 12.5. The van der Waals surface area contributed by atoms with Crippen LogP contribution in [-0.4, -0.2) is 105 Å². The molecule has 9 rings (SSSR count). The van der Waals surface area contributed by atoms with Gasteiger partial charge in [-0.3, -0.25) is 9.59 Å². The maximum Gasteiger partial charge on any atom is 0.407 e. The van der Waals surface area contributed by atoms with Gasteiger partial charge in [0.1, 0.15) is 36.1 Å². The Balaban J connectivity index is 0.970. The van der Waals surface area contributed by atoms with Gasteiger partial charge in [-0.15, -0.1) is 0 Å². The normalized spacial score (nSPS) is 22.0. The minimum Gasteiger partial charge on any atom is -0.488 e. The molecular formula is C50H62N8O8. The van der Waals surface area contributed by atoms with E-state index in [1.165, 1.54) is 14.2 Å². The third kappa shape index (κ3) is 8.44. The van der Waals surface area contributed by atoms with Crippen molar-refractivity contribution in [2.45, 2.75) is 122 Å². The number of ether oxygens (including phenoxy) is 4. The minimum atomic E-state index is -0.749. The van der Waals surface area contributed by atoms with E-state index in [2.05, 4.69) is 63.9 Å². The maximum atomic E-state index is 14.4. The molecule has 4 N–H and O–H groups in total. The van der Waals surface area contributed by atoms with Crippen molar-refractivity contribution in [2.24, 2.45) is 17.8 Å². The number of aromatic amines is 2. The molecule has 5 aromatic rings. The second kappa shape index (κ2) is 18.6. The Hall–Kier alpha value is -6.16. The van der Waals surface area contributed by atoms with E-state index in [-0.39, 0.29) is 47.8 Å². The van der Waals surface area contributed by atoms with Crippen molar-refractivity contribution >= 4 is 45.8 Å². The third-order valence-corrected chi connectivity index (χ3v) is 14.6. The highest BCUT2D eigenvalue weighted by atomic mass is 16.5. The number of H-pyrrole nitrogens is 2. The van der Waals surface area contributed by atoms with E-state index < -0.39 is 24.3 Å². The van der Waals surface area contributed by atoms with Crippen molar-refractivity contribution in [3.05, 3.63) is 65.9 Å². The average molecular weight is 903 g/mol. The summed E-state index contributed by atoms with van der Waals surface area (Å²) in [5, 5.41) is 7.63. The zero-order valence-electron chi connectivity index (χ0n) is 38.9. The largest absolute Gasteiger partial charge is 0.488 e. The first-order chi connectivity index (χ1) is 31.8. The number of benzene rings is 3. The first kappa shape index (κ1) is 45.0. The molecule has 1 saturated carbocycles. The number of nitrogens with one attached hydrogen (secondary N) is 4. The number of imidazole rings is 2. The number of carbonyl (C=O) groups is 4. The molecule has 5 heterocycles. The highest BCUT2D eigenvalue weighted by molar-refractivity contribution is 6.07. The molecule has 7 atom stereocenters. The zero-order chi connectivity index (χ0) is 46.4. The molecule has 4 amide bonds. The monoisotopic (exact) mass is 902 g/mol. The van der Waals surface area contributed by atoms with Crippen molar-refractivity contribution in [2.75, 3.05) is 27.4 Å².